The Morgan fingerprint density at radius 3 is 2.63 bits per heavy atom. The molecule has 1 rings (SSSR count). The van der Waals surface area contributed by atoms with Crippen molar-refractivity contribution in [3.05, 3.63) is 21.3 Å². The molecule has 0 bridgehead atoms. The quantitative estimate of drug-likeness (QED) is 0.501. The molecule has 0 amide bonds. The van der Waals surface area contributed by atoms with E-state index in [-0.39, 0.29) is 6.61 Å². The second-order valence-electron chi connectivity index (χ2n) is 3.83. The predicted octanol–water partition coefficient (Wildman–Crippen LogP) is 1.41. The Balaban J connectivity index is 2.48. The summed E-state index contributed by atoms with van der Waals surface area (Å²) in [5, 5.41) is 11.8. The molecular formula is C13H20INO4. The number of benzene rings is 1. The van der Waals surface area contributed by atoms with Gasteiger partial charge in [-0.05, 0) is 40.3 Å². The normalized spacial score (nSPS) is 10.5. The number of aliphatic hydroxyl groups excluding tert-OH is 1. The van der Waals surface area contributed by atoms with Crippen molar-refractivity contribution in [2.75, 3.05) is 40.6 Å². The minimum atomic E-state index is 0.0634. The largest absolute Gasteiger partial charge is 0.493 e. The number of ether oxygens (including phenoxy) is 3. The van der Waals surface area contributed by atoms with E-state index in [2.05, 4.69) is 34.0 Å². The molecular weight excluding hydrogens is 361 g/mol. The van der Waals surface area contributed by atoms with Crippen LogP contribution in [0.25, 0.3) is 0 Å². The molecule has 0 spiro atoms. The van der Waals surface area contributed by atoms with Crippen LogP contribution in [0.1, 0.15) is 5.56 Å². The number of hydrogen-bond acceptors (Lipinski definition) is 5. The highest BCUT2D eigenvalue weighted by Gasteiger charge is 2.09. The van der Waals surface area contributed by atoms with Crippen molar-refractivity contribution in [2.45, 2.75) is 6.54 Å². The zero-order chi connectivity index (χ0) is 14.1. The second-order valence-corrected chi connectivity index (χ2v) is 4.99. The number of rotatable bonds is 9. The Kier molecular flexibility index (Phi) is 8.11. The van der Waals surface area contributed by atoms with Crippen molar-refractivity contribution in [3.8, 4) is 11.5 Å². The molecule has 2 N–H and O–H groups in total. The van der Waals surface area contributed by atoms with E-state index in [4.69, 9.17) is 19.3 Å². The lowest BCUT2D eigenvalue weighted by Crippen LogP contribution is -2.20. The topological polar surface area (TPSA) is 60.0 Å². The van der Waals surface area contributed by atoms with Crippen molar-refractivity contribution in [1.29, 1.82) is 0 Å². The highest BCUT2D eigenvalue weighted by molar-refractivity contribution is 14.1. The van der Waals surface area contributed by atoms with Crippen molar-refractivity contribution in [2.24, 2.45) is 0 Å². The Hall–Kier alpha value is -0.570. The smallest absolute Gasteiger partial charge is 0.174 e. The molecule has 0 saturated heterocycles. The zero-order valence-electron chi connectivity index (χ0n) is 11.2. The molecule has 0 radical (unpaired) electrons. The summed E-state index contributed by atoms with van der Waals surface area (Å²) in [6, 6.07) is 4.02. The van der Waals surface area contributed by atoms with Gasteiger partial charge in [-0.2, -0.15) is 0 Å². The molecule has 108 valence electrons. The van der Waals surface area contributed by atoms with Crippen molar-refractivity contribution >= 4 is 22.6 Å². The monoisotopic (exact) mass is 381 g/mol. The van der Waals surface area contributed by atoms with Crippen LogP contribution < -0.4 is 14.8 Å². The molecule has 19 heavy (non-hydrogen) atoms. The molecule has 0 aromatic heterocycles. The van der Waals surface area contributed by atoms with Crippen LogP contribution >= 0.6 is 22.6 Å². The van der Waals surface area contributed by atoms with E-state index in [1.54, 1.807) is 14.2 Å². The first-order valence-electron chi connectivity index (χ1n) is 6.02. The average molecular weight is 381 g/mol. The lowest BCUT2D eigenvalue weighted by Gasteiger charge is -2.12. The molecule has 0 aliphatic carbocycles. The summed E-state index contributed by atoms with van der Waals surface area (Å²) in [6.45, 7) is 2.51. The standard InChI is InChI=1S/C13H20INO4/c1-17-12-8-10(7-11(14)13(12)18-2)9-15-3-5-19-6-4-16/h7-8,15-16H,3-6,9H2,1-2H3. The molecule has 0 atom stereocenters. The van der Waals surface area contributed by atoms with Gasteiger partial charge in [0.15, 0.2) is 11.5 Å². The van der Waals surface area contributed by atoms with Crippen LogP contribution in [0.2, 0.25) is 0 Å². The van der Waals surface area contributed by atoms with Crippen molar-refractivity contribution in [3.63, 3.8) is 0 Å². The molecule has 6 heteroatoms. The maximum Gasteiger partial charge on any atom is 0.174 e. The Labute approximate surface area is 127 Å². The van der Waals surface area contributed by atoms with Crippen LogP contribution in [0.4, 0.5) is 0 Å². The summed E-state index contributed by atoms with van der Waals surface area (Å²) in [5.74, 6) is 1.50. The van der Waals surface area contributed by atoms with Crippen LogP contribution in [0.15, 0.2) is 12.1 Å². The van der Waals surface area contributed by atoms with Crippen LogP contribution in [0.3, 0.4) is 0 Å². The van der Waals surface area contributed by atoms with E-state index < -0.39 is 0 Å². The van der Waals surface area contributed by atoms with Crippen LogP contribution in [-0.2, 0) is 11.3 Å². The highest BCUT2D eigenvalue weighted by Crippen LogP contribution is 2.33. The first-order valence-corrected chi connectivity index (χ1v) is 7.10. The summed E-state index contributed by atoms with van der Waals surface area (Å²) < 4.78 is 16.8. The lowest BCUT2D eigenvalue weighted by atomic mass is 10.2. The summed E-state index contributed by atoms with van der Waals surface area (Å²) >= 11 is 2.23. The number of aliphatic hydroxyl groups is 1. The maximum absolute atomic E-state index is 8.57. The minimum Gasteiger partial charge on any atom is -0.493 e. The van der Waals surface area contributed by atoms with Crippen LogP contribution in [0.5, 0.6) is 11.5 Å². The lowest BCUT2D eigenvalue weighted by molar-refractivity contribution is 0.0938. The minimum absolute atomic E-state index is 0.0634. The number of methoxy groups -OCH3 is 2. The zero-order valence-corrected chi connectivity index (χ0v) is 13.4. The molecule has 0 aliphatic heterocycles. The molecule has 5 nitrogen and oxygen atoms in total. The van der Waals surface area contributed by atoms with E-state index >= 15 is 0 Å². The van der Waals surface area contributed by atoms with Gasteiger partial charge in [-0.1, -0.05) is 0 Å². The van der Waals surface area contributed by atoms with Gasteiger partial charge in [-0.15, -0.1) is 0 Å². The highest BCUT2D eigenvalue weighted by atomic mass is 127. The second kappa shape index (κ2) is 9.35. The maximum atomic E-state index is 8.57. The van der Waals surface area contributed by atoms with Gasteiger partial charge in [0.1, 0.15) is 0 Å². The summed E-state index contributed by atoms with van der Waals surface area (Å²) in [4.78, 5) is 0. The molecule has 0 saturated carbocycles. The SMILES string of the molecule is COc1cc(CNCCOCCO)cc(I)c1OC. The van der Waals surface area contributed by atoms with Gasteiger partial charge >= 0.3 is 0 Å². The third-order valence-corrected chi connectivity index (χ3v) is 3.28. The van der Waals surface area contributed by atoms with Crippen molar-refractivity contribution < 1.29 is 19.3 Å². The molecule has 0 heterocycles. The third kappa shape index (κ3) is 5.52. The number of nitrogens with one attached hydrogen (secondary N) is 1. The fourth-order valence-corrected chi connectivity index (χ4v) is 2.50. The molecule has 1 aromatic rings. The van der Waals surface area contributed by atoms with E-state index in [9.17, 15) is 0 Å². The fraction of sp³-hybridized carbons (Fsp3) is 0.538. The van der Waals surface area contributed by atoms with Crippen LogP contribution in [0, 0.1) is 3.57 Å². The van der Waals surface area contributed by atoms with E-state index in [1.165, 1.54) is 0 Å². The first kappa shape index (κ1) is 16.5. The van der Waals surface area contributed by atoms with Gasteiger partial charge in [0, 0.05) is 13.1 Å². The predicted molar refractivity (Wildman–Crippen MR) is 81.9 cm³/mol. The number of hydrogen-bond donors (Lipinski definition) is 2. The first-order chi connectivity index (χ1) is 9.22. The van der Waals surface area contributed by atoms with E-state index in [0.717, 1.165) is 33.7 Å². The van der Waals surface area contributed by atoms with Gasteiger partial charge in [0.2, 0.25) is 0 Å². The van der Waals surface area contributed by atoms with Gasteiger partial charge in [-0.3, -0.25) is 0 Å². The third-order valence-electron chi connectivity index (χ3n) is 2.48. The Morgan fingerprint density at radius 1 is 1.21 bits per heavy atom. The van der Waals surface area contributed by atoms with Crippen molar-refractivity contribution in [1.82, 2.24) is 5.32 Å². The molecule has 0 aliphatic rings. The Morgan fingerprint density at radius 2 is 2.00 bits per heavy atom. The van der Waals surface area contributed by atoms with Gasteiger partial charge in [0.25, 0.3) is 0 Å². The van der Waals surface area contributed by atoms with E-state index in [1.807, 2.05) is 6.07 Å². The number of halogens is 1. The summed E-state index contributed by atoms with van der Waals surface area (Å²) in [6.07, 6.45) is 0. The van der Waals surface area contributed by atoms with Gasteiger partial charge in [-0.25, -0.2) is 0 Å². The fourth-order valence-electron chi connectivity index (χ4n) is 1.62. The molecule has 0 unspecified atom stereocenters. The summed E-state index contributed by atoms with van der Waals surface area (Å²) in [5.41, 5.74) is 1.13. The average Bonchev–Trinajstić information content (AvgIpc) is 2.42. The van der Waals surface area contributed by atoms with E-state index in [0.29, 0.717) is 13.2 Å². The Bertz CT molecular complexity index is 387. The molecule has 1 aromatic carbocycles. The molecule has 0 fully saturated rings. The van der Waals surface area contributed by atoms with Crippen LogP contribution in [-0.4, -0.2) is 45.7 Å². The summed E-state index contributed by atoms with van der Waals surface area (Å²) in [7, 11) is 3.27. The van der Waals surface area contributed by atoms with Gasteiger partial charge < -0.3 is 24.6 Å². The van der Waals surface area contributed by atoms with Gasteiger partial charge in [0.05, 0.1) is 37.6 Å².